The van der Waals surface area contributed by atoms with Crippen molar-refractivity contribution in [1.29, 1.82) is 0 Å². The minimum absolute atomic E-state index is 0.0536. The Labute approximate surface area is 169 Å². The summed E-state index contributed by atoms with van der Waals surface area (Å²) in [6.45, 7) is 4.59. The lowest BCUT2D eigenvalue weighted by molar-refractivity contribution is 0.0944. The van der Waals surface area contributed by atoms with Gasteiger partial charge in [-0.1, -0.05) is 17.7 Å². The van der Waals surface area contributed by atoms with Crippen LogP contribution in [-0.4, -0.2) is 62.8 Å². The van der Waals surface area contributed by atoms with Gasteiger partial charge in [0.25, 0.3) is 5.91 Å². The zero-order valence-electron chi connectivity index (χ0n) is 16.1. The first-order chi connectivity index (χ1) is 13.8. The maximum absolute atomic E-state index is 13.2. The zero-order chi connectivity index (χ0) is 21.0. The van der Waals surface area contributed by atoms with Crippen LogP contribution in [0.4, 0.5) is 8.78 Å². The molecule has 0 spiro atoms. The SMILES string of the molecule is Cc1ccc(S(=O)(=O)N2CCN(CCNC(=O)c3ccc(F)c(F)c3)CC2)cc1. The predicted octanol–water partition coefficient (Wildman–Crippen LogP) is 2.01. The Morgan fingerprint density at radius 3 is 2.28 bits per heavy atom. The fourth-order valence-electron chi connectivity index (χ4n) is 3.12. The van der Waals surface area contributed by atoms with E-state index in [0.29, 0.717) is 39.3 Å². The molecule has 2 aromatic rings. The summed E-state index contributed by atoms with van der Waals surface area (Å²) in [5, 5.41) is 2.66. The molecule has 9 heteroatoms. The zero-order valence-corrected chi connectivity index (χ0v) is 16.9. The highest BCUT2D eigenvalue weighted by molar-refractivity contribution is 7.89. The van der Waals surface area contributed by atoms with Crippen molar-refractivity contribution in [2.45, 2.75) is 11.8 Å². The Bertz CT molecular complexity index is 973. The summed E-state index contributed by atoms with van der Waals surface area (Å²) in [6, 6.07) is 9.78. The second-order valence-electron chi connectivity index (χ2n) is 6.94. The van der Waals surface area contributed by atoms with Gasteiger partial charge in [0.05, 0.1) is 4.90 Å². The number of hydrogen-bond acceptors (Lipinski definition) is 4. The number of piperazine rings is 1. The molecular formula is C20H23F2N3O3S. The van der Waals surface area contributed by atoms with Gasteiger partial charge in [0.1, 0.15) is 0 Å². The Morgan fingerprint density at radius 1 is 1.00 bits per heavy atom. The molecule has 0 aliphatic carbocycles. The highest BCUT2D eigenvalue weighted by Crippen LogP contribution is 2.18. The Morgan fingerprint density at radius 2 is 1.66 bits per heavy atom. The molecule has 1 heterocycles. The molecule has 0 aromatic heterocycles. The Balaban J connectivity index is 1.46. The first kappa shape index (κ1) is 21.4. The highest BCUT2D eigenvalue weighted by atomic mass is 32.2. The van der Waals surface area contributed by atoms with E-state index < -0.39 is 27.6 Å². The van der Waals surface area contributed by atoms with Gasteiger partial charge >= 0.3 is 0 Å². The van der Waals surface area contributed by atoms with E-state index in [1.807, 2.05) is 11.8 Å². The highest BCUT2D eigenvalue weighted by Gasteiger charge is 2.28. The van der Waals surface area contributed by atoms with Gasteiger partial charge in [-0.3, -0.25) is 9.69 Å². The van der Waals surface area contributed by atoms with Crippen LogP contribution in [0, 0.1) is 18.6 Å². The van der Waals surface area contributed by atoms with Gasteiger partial charge in [-0.05, 0) is 37.3 Å². The van der Waals surface area contributed by atoms with Gasteiger partial charge in [-0.15, -0.1) is 0 Å². The average Bonchev–Trinajstić information content (AvgIpc) is 2.70. The fraction of sp³-hybridized carbons (Fsp3) is 0.350. The van der Waals surface area contributed by atoms with Crippen LogP contribution in [0.3, 0.4) is 0 Å². The van der Waals surface area contributed by atoms with E-state index in [1.165, 1.54) is 10.4 Å². The van der Waals surface area contributed by atoms with Crippen LogP contribution in [0.15, 0.2) is 47.4 Å². The molecule has 29 heavy (non-hydrogen) atoms. The van der Waals surface area contributed by atoms with Gasteiger partial charge in [0, 0.05) is 44.8 Å². The van der Waals surface area contributed by atoms with Crippen LogP contribution < -0.4 is 5.32 Å². The number of amides is 1. The van der Waals surface area contributed by atoms with Crippen molar-refractivity contribution in [1.82, 2.24) is 14.5 Å². The summed E-state index contributed by atoms with van der Waals surface area (Å²) in [5.41, 5.74) is 1.05. The molecule has 2 aromatic carbocycles. The largest absolute Gasteiger partial charge is 0.351 e. The Kier molecular flexibility index (Phi) is 6.61. The van der Waals surface area contributed by atoms with E-state index in [2.05, 4.69) is 5.32 Å². The minimum atomic E-state index is -3.51. The molecule has 156 valence electrons. The number of nitrogens with one attached hydrogen (secondary N) is 1. The molecule has 1 aliphatic rings. The lowest BCUT2D eigenvalue weighted by Gasteiger charge is -2.34. The van der Waals surface area contributed by atoms with Crippen molar-refractivity contribution in [3.63, 3.8) is 0 Å². The molecule has 0 atom stereocenters. The number of aryl methyl sites for hydroxylation is 1. The van der Waals surface area contributed by atoms with Crippen LogP contribution in [0.5, 0.6) is 0 Å². The first-order valence-corrected chi connectivity index (χ1v) is 10.7. The summed E-state index contributed by atoms with van der Waals surface area (Å²) in [5.74, 6) is -2.55. The topological polar surface area (TPSA) is 69.7 Å². The lowest BCUT2D eigenvalue weighted by atomic mass is 10.2. The lowest BCUT2D eigenvalue weighted by Crippen LogP contribution is -2.50. The molecule has 1 fully saturated rings. The van der Waals surface area contributed by atoms with Crippen molar-refractivity contribution in [2.75, 3.05) is 39.3 Å². The number of carbonyl (C=O) groups is 1. The molecule has 0 bridgehead atoms. The number of nitrogens with zero attached hydrogens (tertiary/aromatic N) is 2. The summed E-state index contributed by atoms with van der Waals surface area (Å²) in [4.78, 5) is 14.3. The summed E-state index contributed by atoms with van der Waals surface area (Å²) in [7, 11) is -3.51. The third-order valence-electron chi connectivity index (χ3n) is 4.89. The molecule has 3 rings (SSSR count). The number of rotatable bonds is 6. The number of hydrogen-bond donors (Lipinski definition) is 1. The number of carbonyl (C=O) groups excluding carboxylic acids is 1. The van der Waals surface area contributed by atoms with Crippen LogP contribution in [-0.2, 0) is 10.0 Å². The quantitative estimate of drug-likeness (QED) is 0.772. The maximum Gasteiger partial charge on any atom is 0.251 e. The van der Waals surface area contributed by atoms with Gasteiger partial charge in [0.2, 0.25) is 10.0 Å². The monoisotopic (exact) mass is 423 g/mol. The van der Waals surface area contributed by atoms with Crippen LogP contribution in [0.2, 0.25) is 0 Å². The van der Waals surface area contributed by atoms with Gasteiger partial charge in [-0.2, -0.15) is 4.31 Å². The molecule has 6 nitrogen and oxygen atoms in total. The van der Waals surface area contributed by atoms with Gasteiger partial charge in [0.15, 0.2) is 11.6 Å². The van der Waals surface area contributed by atoms with Crippen molar-refractivity contribution in [2.24, 2.45) is 0 Å². The molecule has 1 N–H and O–H groups in total. The number of benzene rings is 2. The van der Waals surface area contributed by atoms with Crippen molar-refractivity contribution >= 4 is 15.9 Å². The van der Waals surface area contributed by atoms with Crippen LogP contribution in [0.1, 0.15) is 15.9 Å². The summed E-state index contributed by atoms with van der Waals surface area (Å²) >= 11 is 0. The van der Waals surface area contributed by atoms with Crippen molar-refractivity contribution < 1.29 is 22.0 Å². The van der Waals surface area contributed by atoms with Crippen molar-refractivity contribution in [3.05, 3.63) is 65.2 Å². The van der Waals surface area contributed by atoms with Crippen molar-refractivity contribution in [3.8, 4) is 0 Å². The third-order valence-corrected chi connectivity index (χ3v) is 6.80. The standard InChI is InChI=1S/C20H23F2N3O3S/c1-15-2-5-17(6-3-15)29(27,28)25-12-10-24(11-13-25)9-8-23-20(26)16-4-7-18(21)19(22)14-16/h2-7,14H,8-13H2,1H3,(H,23,26). The second-order valence-corrected chi connectivity index (χ2v) is 8.88. The molecule has 0 saturated carbocycles. The summed E-state index contributed by atoms with van der Waals surface area (Å²) in [6.07, 6.45) is 0. The van der Waals surface area contributed by atoms with Crippen LogP contribution in [0.25, 0.3) is 0 Å². The van der Waals surface area contributed by atoms with E-state index >= 15 is 0 Å². The number of sulfonamides is 1. The molecule has 1 amide bonds. The van der Waals surface area contributed by atoms with E-state index in [4.69, 9.17) is 0 Å². The smallest absolute Gasteiger partial charge is 0.251 e. The normalized spacial score (nSPS) is 16.0. The number of halogens is 2. The maximum atomic E-state index is 13.2. The van der Waals surface area contributed by atoms with Gasteiger partial charge in [-0.25, -0.2) is 17.2 Å². The molecular weight excluding hydrogens is 400 g/mol. The molecule has 1 saturated heterocycles. The van der Waals surface area contributed by atoms with Gasteiger partial charge < -0.3 is 5.32 Å². The predicted molar refractivity (Wildman–Crippen MR) is 105 cm³/mol. The van der Waals surface area contributed by atoms with E-state index in [9.17, 15) is 22.0 Å². The Hall–Kier alpha value is -2.36. The molecule has 1 aliphatic heterocycles. The fourth-order valence-corrected chi connectivity index (χ4v) is 4.54. The average molecular weight is 423 g/mol. The minimum Gasteiger partial charge on any atom is -0.351 e. The van der Waals surface area contributed by atoms with Crippen LogP contribution >= 0.6 is 0 Å². The van der Waals surface area contributed by atoms with E-state index in [1.54, 1.807) is 24.3 Å². The van der Waals surface area contributed by atoms with E-state index in [-0.39, 0.29) is 10.5 Å². The summed E-state index contributed by atoms with van der Waals surface area (Å²) < 4.78 is 53.0. The first-order valence-electron chi connectivity index (χ1n) is 9.30. The van der Waals surface area contributed by atoms with E-state index in [0.717, 1.165) is 17.7 Å². The second kappa shape index (κ2) is 8.98. The molecule has 0 unspecified atom stereocenters. The third kappa shape index (κ3) is 5.17. The molecule has 0 radical (unpaired) electrons.